The Morgan fingerprint density at radius 3 is 2.58 bits per heavy atom. The van der Waals surface area contributed by atoms with Crippen LogP contribution in [0.2, 0.25) is 5.15 Å². The summed E-state index contributed by atoms with van der Waals surface area (Å²) in [5.74, 6) is -0.117. The van der Waals surface area contributed by atoms with Crippen LogP contribution in [0, 0.1) is 6.92 Å². The molecule has 4 aromatic rings. The van der Waals surface area contributed by atoms with Gasteiger partial charge in [0.15, 0.2) is 0 Å². The van der Waals surface area contributed by atoms with Crippen LogP contribution >= 0.6 is 11.6 Å². The second kappa shape index (κ2) is 8.32. The van der Waals surface area contributed by atoms with Gasteiger partial charge in [0.1, 0.15) is 16.5 Å². The predicted octanol–water partition coefficient (Wildman–Crippen LogP) is 4.66. The zero-order valence-electron chi connectivity index (χ0n) is 18.9. The molecule has 8 heteroatoms. The summed E-state index contributed by atoms with van der Waals surface area (Å²) >= 11 is 6.77. The molecule has 1 fully saturated rings. The highest BCUT2D eigenvalue weighted by Crippen LogP contribution is 2.37. The molecule has 170 valence electrons. The minimum atomic E-state index is -0.264. The van der Waals surface area contributed by atoms with E-state index in [0.717, 1.165) is 35.2 Å². The molecule has 7 nitrogen and oxygen atoms in total. The van der Waals surface area contributed by atoms with Gasteiger partial charge in [-0.25, -0.2) is 4.98 Å². The molecule has 3 aromatic heterocycles. The standard InChI is InChI=1S/C25H26ClN5O2/c1-16-20(15-30(3)29-16)18-6-4-5-7-19(18)22-23(26)31-11-8-17(14-21(31)27-22)24(32)28-25(2)9-12-33-13-10-25/h4-8,11,14-15H,9-10,12-13H2,1-3H3,(H,28,32). The summed E-state index contributed by atoms with van der Waals surface area (Å²) in [5.41, 5.74) is 5.49. The van der Waals surface area contributed by atoms with Gasteiger partial charge in [-0.1, -0.05) is 35.9 Å². The van der Waals surface area contributed by atoms with Crippen LogP contribution < -0.4 is 5.32 Å². The molecule has 33 heavy (non-hydrogen) atoms. The van der Waals surface area contributed by atoms with Gasteiger partial charge in [0, 0.05) is 54.9 Å². The molecule has 0 saturated carbocycles. The van der Waals surface area contributed by atoms with Crippen molar-refractivity contribution in [2.24, 2.45) is 7.05 Å². The van der Waals surface area contributed by atoms with Crippen LogP contribution in [-0.2, 0) is 11.8 Å². The largest absolute Gasteiger partial charge is 0.381 e. The first-order chi connectivity index (χ1) is 15.8. The topological polar surface area (TPSA) is 73.5 Å². The fourth-order valence-electron chi connectivity index (χ4n) is 4.41. The first kappa shape index (κ1) is 21.7. The molecule has 1 amide bonds. The molecule has 0 bridgehead atoms. The third-order valence-electron chi connectivity index (χ3n) is 6.33. The molecule has 5 rings (SSSR count). The monoisotopic (exact) mass is 463 g/mol. The van der Waals surface area contributed by atoms with Crippen LogP contribution in [0.15, 0.2) is 48.8 Å². The molecule has 1 N–H and O–H groups in total. The number of nitrogens with zero attached hydrogens (tertiary/aromatic N) is 4. The number of fused-ring (bicyclic) bond motifs is 1. The number of rotatable bonds is 4. The van der Waals surface area contributed by atoms with E-state index in [0.29, 0.717) is 35.3 Å². The zero-order valence-corrected chi connectivity index (χ0v) is 19.7. The first-order valence-corrected chi connectivity index (χ1v) is 11.4. The van der Waals surface area contributed by atoms with Gasteiger partial charge in [-0.3, -0.25) is 13.9 Å². The number of hydrogen-bond donors (Lipinski definition) is 1. The number of hydrogen-bond acceptors (Lipinski definition) is 4. The molecular formula is C25H26ClN5O2. The number of carbonyl (C=O) groups is 1. The van der Waals surface area contributed by atoms with Crippen molar-refractivity contribution in [3.8, 4) is 22.4 Å². The molecule has 0 atom stereocenters. The summed E-state index contributed by atoms with van der Waals surface area (Å²) in [6.07, 6.45) is 5.39. The molecule has 0 radical (unpaired) electrons. The van der Waals surface area contributed by atoms with Gasteiger partial charge >= 0.3 is 0 Å². The summed E-state index contributed by atoms with van der Waals surface area (Å²) in [7, 11) is 1.91. The first-order valence-electron chi connectivity index (χ1n) is 11.0. The van der Waals surface area contributed by atoms with Crippen molar-refractivity contribution in [2.45, 2.75) is 32.2 Å². The molecule has 1 aliphatic heterocycles. The van der Waals surface area contributed by atoms with Crippen molar-refractivity contribution in [2.75, 3.05) is 13.2 Å². The van der Waals surface area contributed by atoms with Crippen molar-refractivity contribution in [1.29, 1.82) is 0 Å². The molecular weight excluding hydrogens is 438 g/mol. The van der Waals surface area contributed by atoms with E-state index < -0.39 is 0 Å². The van der Waals surface area contributed by atoms with Gasteiger partial charge in [0.05, 0.1) is 5.69 Å². The third-order valence-corrected chi connectivity index (χ3v) is 6.69. The zero-order chi connectivity index (χ0) is 23.2. The highest BCUT2D eigenvalue weighted by Gasteiger charge is 2.29. The average molecular weight is 464 g/mol. The fraction of sp³-hybridized carbons (Fsp3) is 0.320. The Hall–Kier alpha value is -3.16. The van der Waals surface area contributed by atoms with Crippen LogP contribution in [-0.4, -0.2) is 43.8 Å². The van der Waals surface area contributed by atoms with E-state index in [1.165, 1.54) is 0 Å². The van der Waals surface area contributed by atoms with E-state index in [1.807, 2.05) is 44.4 Å². The maximum absolute atomic E-state index is 13.0. The van der Waals surface area contributed by atoms with Crippen molar-refractivity contribution in [1.82, 2.24) is 24.5 Å². The second-order valence-electron chi connectivity index (χ2n) is 8.87. The Bertz CT molecular complexity index is 1350. The lowest BCUT2D eigenvalue weighted by Crippen LogP contribution is -2.49. The van der Waals surface area contributed by atoms with Crippen molar-refractivity contribution >= 4 is 23.2 Å². The number of halogens is 1. The van der Waals surface area contributed by atoms with Crippen molar-refractivity contribution in [3.63, 3.8) is 0 Å². The Morgan fingerprint density at radius 1 is 1.15 bits per heavy atom. The minimum absolute atomic E-state index is 0.117. The Labute approximate surface area is 197 Å². The maximum Gasteiger partial charge on any atom is 0.251 e. The Balaban J connectivity index is 1.52. The van der Waals surface area contributed by atoms with E-state index >= 15 is 0 Å². The number of aromatic nitrogens is 4. The number of imidazole rings is 1. The predicted molar refractivity (Wildman–Crippen MR) is 129 cm³/mol. The lowest BCUT2D eigenvalue weighted by molar-refractivity contribution is 0.0423. The van der Waals surface area contributed by atoms with Gasteiger partial charge in [0.2, 0.25) is 0 Å². The van der Waals surface area contributed by atoms with E-state index in [2.05, 4.69) is 17.3 Å². The van der Waals surface area contributed by atoms with E-state index in [4.69, 9.17) is 21.3 Å². The van der Waals surface area contributed by atoms with Crippen molar-refractivity contribution < 1.29 is 9.53 Å². The SMILES string of the molecule is Cc1nn(C)cc1-c1ccccc1-c1nc2cc(C(=O)NC3(C)CCOCC3)ccn2c1Cl. The van der Waals surface area contributed by atoms with E-state index in [9.17, 15) is 4.79 Å². The lowest BCUT2D eigenvalue weighted by Gasteiger charge is -2.34. The van der Waals surface area contributed by atoms with Gasteiger partial charge in [-0.2, -0.15) is 5.10 Å². The quantitative estimate of drug-likeness (QED) is 0.477. The second-order valence-corrected chi connectivity index (χ2v) is 9.23. The number of amides is 1. The van der Waals surface area contributed by atoms with Crippen LogP contribution in [0.25, 0.3) is 28.0 Å². The van der Waals surface area contributed by atoms with Crippen LogP contribution in [0.1, 0.15) is 35.8 Å². The number of ether oxygens (including phenoxy) is 1. The third kappa shape index (κ3) is 4.03. The summed E-state index contributed by atoms with van der Waals surface area (Å²) in [4.78, 5) is 17.8. The number of benzene rings is 1. The van der Waals surface area contributed by atoms with Crippen molar-refractivity contribution in [3.05, 3.63) is 65.2 Å². The van der Waals surface area contributed by atoms with Crippen LogP contribution in [0.4, 0.5) is 0 Å². The summed E-state index contributed by atoms with van der Waals surface area (Å²) in [6.45, 7) is 5.37. The van der Waals surface area contributed by atoms with E-state index in [-0.39, 0.29) is 11.4 Å². The smallest absolute Gasteiger partial charge is 0.251 e. The van der Waals surface area contributed by atoms with Gasteiger partial charge in [-0.15, -0.1) is 0 Å². The molecule has 0 aliphatic carbocycles. The normalized spacial score (nSPS) is 15.6. The molecule has 0 unspecified atom stereocenters. The van der Waals surface area contributed by atoms with Crippen LogP contribution in [0.3, 0.4) is 0 Å². The molecule has 1 saturated heterocycles. The van der Waals surface area contributed by atoms with Gasteiger partial charge in [0.25, 0.3) is 5.91 Å². The minimum Gasteiger partial charge on any atom is -0.381 e. The van der Waals surface area contributed by atoms with Crippen LogP contribution in [0.5, 0.6) is 0 Å². The summed E-state index contributed by atoms with van der Waals surface area (Å²) in [6, 6.07) is 11.6. The number of carbonyl (C=O) groups excluding carboxylic acids is 1. The average Bonchev–Trinajstić information content (AvgIpc) is 3.31. The fourth-order valence-corrected chi connectivity index (χ4v) is 4.70. The highest BCUT2D eigenvalue weighted by molar-refractivity contribution is 6.32. The molecule has 4 heterocycles. The highest BCUT2D eigenvalue weighted by atomic mass is 35.5. The molecule has 1 aromatic carbocycles. The number of nitrogens with one attached hydrogen (secondary N) is 1. The molecule has 0 spiro atoms. The Kier molecular flexibility index (Phi) is 5.46. The maximum atomic E-state index is 13.0. The summed E-state index contributed by atoms with van der Waals surface area (Å²) in [5, 5.41) is 8.15. The molecule has 1 aliphatic rings. The van der Waals surface area contributed by atoms with E-state index in [1.54, 1.807) is 27.4 Å². The van der Waals surface area contributed by atoms with Gasteiger partial charge < -0.3 is 10.1 Å². The van der Waals surface area contributed by atoms with Gasteiger partial charge in [-0.05, 0) is 44.4 Å². The number of pyridine rings is 1. The summed E-state index contributed by atoms with van der Waals surface area (Å²) < 4.78 is 9.04. The number of aryl methyl sites for hydroxylation is 2. The lowest BCUT2D eigenvalue weighted by atomic mass is 9.92. The Morgan fingerprint density at radius 2 is 1.88 bits per heavy atom.